The predicted octanol–water partition coefficient (Wildman–Crippen LogP) is 1.21. The van der Waals surface area contributed by atoms with Gasteiger partial charge in [-0.05, 0) is 50.6 Å². The summed E-state index contributed by atoms with van der Waals surface area (Å²) >= 11 is 0. The van der Waals surface area contributed by atoms with E-state index in [0.29, 0.717) is 37.2 Å². The van der Waals surface area contributed by atoms with Crippen molar-refractivity contribution in [1.82, 2.24) is 9.62 Å². The Morgan fingerprint density at radius 2 is 2.11 bits per heavy atom. The van der Waals surface area contributed by atoms with Crippen molar-refractivity contribution in [3.63, 3.8) is 0 Å². The number of sulfonamides is 1. The lowest BCUT2D eigenvalue weighted by molar-refractivity contribution is -0.132. The number of anilines is 1. The average Bonchev–Trinajstić information content (AvgIpc) is 2.65. The van der Waals surface area contributed by atoms with Crippen LogP contribution in [-0.4, -0.2) is 43.7 Å². The fraction of sp³-hybridized carbons (Fsp3) is 0.444. The first-order valence-electron chi connectivity index (χ1n) is 8.90. The SMILES string of the molecule is CC1Oc2ccc(S(=O)(=O)N3CCCC4(CC=CNC4=O)C3)cc2NC1=O. The van der Waals surface area contributed by atoms with Gasteiger partial charge in [0.1, 0.15) is 5.75 Å². The van der Waals surface area contributed by atoms with E-state index < -0.39 is 21.5 Å². The smallest absolute Gasteiger partial charge is 0.265 e. The Bertz CT molecular complexity index is 942. The minimum Gasteiger partial charge on any atom is -0.479 e. The molecule has 0 aromatic heterocycles. The fourth-order valence-corrected chi connectivity index (χ4v) is 5.40. The molecule has 8 nitrogen and oxygen atoms in total. The first-order chi connectivity index (χ1) is 12.8. The van der Waals surface area contributed by atoms with Crippen LogP contribution in [0.25, 0.3) is 0 Å². The highest BCUT2D eigenvalue weighted by molar-refractivity contribution is 7.89. The Balaban J connectivity index is 1.64. The van der Waals surface area contributed by atoms with E-state index in [1.807, 2.05) is 6.08 Å². The van der Waals surface area contributed by atoms with Crippen LogP contribution in [0, 0.1) is 5.41 Å². The molecule has 0 bridgehead atoms. The number of nitrogens with one attached hydrogen (secondary N) is 2. The van der Waals surface area contributed by atoms with Gasteiger partial charge in [-0.15, -0.1) is 0 Å². The predicted molar refractivity (Wildman–Crippen MR) is 97.5 cm³/mol. The van der Waals surface area contributed by atoms with Crippen LogP contribution in [0.1, 0.15) is 26.2 Å². The lowest BCUT2D eigenvalue weighted by Gasteiger charge is -2.41. The van der Waals surface area contributed by atoms with Gasteiger partial charge in [0.15, 0.2) is 6.10 Å². The third-order valence-corrected chi connectivity index (χ3v) is 7.23. The van der Waals surface area contributed by atoms with Crippen LogP contribution < -0.4 is 15.4 Å². The molecule has 2 atom stereocenters. The molecular formula is C18H21N3O5S. The Morgan fingerprint density at radius 3 is 2.89 bits per heavy atom. The molecule has 1 fully saturated rings. The van der Waals surface area contributed by atoms with E-state index in [-0.39, 0.29) is 23.3 Å². The summed E-state index contributed by atoms with van der Waals surface area (Å²) in [6.07, 6.45) is 4.64. The molecule has 4 rings (SSSR count). The van der Waals surface area contributed by atoms with Crippen LogP contribution in [0.15, 0.2) is 35.4 Å². The summed E-state index contributed by atoms with van der Waals surface area (Å²) in [6, 6.07) is 4.44. The molecule has 9 heteroatoms. The van der Waals surface area contributed by atoms with Crippen molar-refractivity contribution in [2.45, 2.75) is 37.2 Å². The first kappa shape index (κ1) is 18.0. The van der Waals surface area contributed by atoms with Crippen LogP contribution in [0.5, 0.6) is 5.75 Å². The first-order valence-corrected chi connectivity index (χ1v) is 10.3. The Labute approximate surface area is 157 Å². The van der Waals surface area contributed by atoms with E-state index in [0.717, 1.165) is 0 Å². The van der Waals surface area contributed by atoms with Crippen molar-refractivity contribution >= 4 is 27.5 Å². The zero-order chi connectivity index (χ0) is 19.2. The molecule has 0 aliphatic carbocycles. The second kappa shape index (κ2) is 6.35. The maximum absolute atomic E-state index is 13.2. The normalized spacial score (nSPS) is 28.3. The quantitative estimate of drug-likeness (QED) is 0.789. The standard InChI is InChI=1S/C18H21N3O5S/c1-12-16(22)20-14-10-13(4-5-15(14)26-12)27(24,25)21-9-3-7-18(11-21)6-2-8-19-17(18)23/h2,4-5,8,10,12H,3,6-7,9,11H2,1H3,(H,19,23)(H,20,22). The summed E-state index contributed by atoms with van der Waals surface area (Å²) in [5, 5.41) is 5.37. The maximum Gasteiger partial charge on any atom is 0.265 e. The summed E-state index contributed by atoms with van der Waals surface area (Å²) in [7, 11) is -3.80. The van der Waals surface area contributed by atoms with Gasteiger partial charge in [-0.25, -0.2) is 8.42 Å². The van der Waals surface area contributed by atoms with Gasteiger partial charge < -0.3 is 15.4 Å². The second-order valence-corrected chi connectivity index (χ2v) is 9.15. The number of hydrogen-bond donors (Lipinski definition) is 2. The Kier molecular flexibility index (Phi) is 4.23. The Hall–Kier alpha value is -2.39. The van der Waals surface area contributed by atoms with Gasteiger partial charge in [-0.1, -0.05) is 6.08 Å². The molecule has 3 aliphatic heterocycles. The number of fused-ring (bicyclic) bond motifs is 1. The number of rotatable bonds is 2. The summed E-state index contributed by atoms with van der Waals surface area (Å²) in [6.45, 7) is 2.13. The largest absolute Gasteiger partial charge is 0.479 e. The second-order valence-electron chi connectivity index (χ2n) is 7.21. The van der Waals surface area contributed by atoms with E-state index in [4.69, 9.17) is 4.74 Å². The Morgan fingerprint density at radius 1 is 1.30 bits per heavy atom. The van der Waals surface area contributed by atoms with Gasteiger partial charge in [-0.3, -0.25) is 9.59 Å². The van der Waals surface area contributed by atoms with Crippen LogP contribution in [0.2, 0.25) is 0 Å². The molecule has 3 heterocycles. The number of carbonyl (C=O) groups is 2. The minimum atomic E-state index is -3.80. The van der Waals surface area contributed by atoms with Gasteiger partial charge >= 0.3 is 0 Å². The van der Waals surface area contributed by atoms with Gasteiger partial charge in [0, 0.05) is 13.1 Å². The molecule has 2 unspecified atom stereocenters. The molecule has 2 amide bonds. The number of amides is 2. The molecule has 0 saturated carbocycles. The van der Waals surface area contributed by atoms with Crippen molar-refractivity contribution in [2.24, 2.45) is 5.41 Å². The van der Waals surface area contributed by atoms with Gasteiger partial charge in [0.2, 0.25) is 15.9 Å². The molecule has 144 valence electrons. The van der Waals surface area contributed by atoms with Crippen molar-refractivity contribution in [2.75, 3.05) is 18.4 Å². The van der Waals surface area contributed by atoms with E-state index in [1.165, 1.54) is 16.4 Å². The number of benzene rings is 1. The summed E-state index contributed by atoms with van der Waals surface area (Å²) in [5.74, 6) is -0.0161. The molecule has 3 aliphatic rings. The summed E-state index contributed by atoms with van der Waals surface area (Å²) in [5.41, 5.74) is -0.384. The topological polar surface area (TPSA) is 105 Å². The molecule has 2 N–H and O–H groups in total. The maximum atomic E-state index is 13.2. The number of nitrogens with zero attached hydrogens (tertiary/aromatic N) is 1. The zero-order valence-corrected chi connectivity index (χ0v) is 15.7. The molecule has 0 radical (unpaired) electrons. The van der Waals surface area contributed by atoms with E-state index >= 15 is 0 Å². The van der Waals surface area contributed by atoms with Crippen molar-refractivity contribution < 1.29 is 22.7 Å². The van der Waals surface area contributed by atoms with Crippen LogP contribution >= 0.6 is 0 Å². The highest BCUT2D eigenvalue weighted by Crippen LogP contribution is 2.39. The lowest BCUT2D eigenvalue weighted by atomic mass is 9.76. The van der Waals surface area contributed by atoms with Crippen LogP contribution in [0.3, 0.4) is 0 Å². The lowest BCUT2D eigenvalue weighted by Crippen LogP contribution is -2.53. The third kappa shape index (κ3) is 3.00. The van der Waals surface area contributed by atoms with Crippen molar-refractivity contribution in [3.8, 4) is 5.75 Å². The van der Waals surface area contributed by atoms with Crippen LogP contribution in [-0.2, 0) is 19.6 Å². The molecular weight excluding hydrogens is 370 g/mol. The van der Waals surface area contributed by atoms with Crippen molar-refractivity contribution in [3.05, 3.63) is 30.5 Å². The molecule has 27 heavy (non-hydrogen) atoms. The molecule has 1 aromatic rings. The molecule has 1 spiro atoms. The number of ether oxygens (including phenoxy) is 1. The van der Waals surface area contributed by atoms with E-state index in [2.05, 4.69) is 10.6 Å². The van der Waals surface area contributed by atoms with Gasteiger partial charge in [-0.2, -0.15) is 4.31 Å². The third-order valence-electron chi connectivity index (χ3n) is 5.38. The molecule has 1 aromatic carbocycles. The minimum absolute atomic E-state index is 0.0727. The van der Waals surface area contributed by atoms with Crippen molar-refractivity contribution in [1.29, 1.82) is 0 Å². The highest BCUT2D eigenvalue weighted by Gasteiger charge is 2.45. The number of carbonyl (C=O) groups excluding carboxylic acids is 2. The monoisotopic (exact) mass is 391 g/mol. The van der Waals surface area contributed by atoms with E-state index in [9.17, 15) is 18.0 Å². The highest BCUT2D eigenvalue weighted by atomic mass is 32.2. The number of piperidine rings is 1. The average molecular weight is 391 g/mol. The van der Waals surface area contributed by atoms with Gasteiger partial charge in [0.05, 0.1) is 16.0 Å². The van der Waals surface area contributed by atoms with E-state index in [1.54, 1.807) is 19.2 Å². The molecule has 1 saturated heterocycles. The number of allylic oxidation sites excluding steroid dienone is 1. The van der Waals surface area contributed by atoms with Crippen LogP contribution in [0.4, 0.5) is 5.69 Å². The van der Waals surface area contributed by atoms with Gasteiger partial charge in [0.25, 0.3) is 5.91 Å². The fourth-order valence-electron chi connectivity index (χ4n) is 3.81. The number of hydrogen-bond acceptors (Lipinski definition) is 5. The summed E-state index contributed by atoms with van der Waals surface area (Å²) < 4.78 is 33.2. The summed E-state index contributed by atoms with van der Waals surface area (Å²) in [4.78, 5) is 24.3. The zero-order valence-electron chi connectivity index (χ0n) is 14.9.